The molecule has 0 spiro atoms. The molecule has 0 aromatic carbocycles. The Balaban J connectivity index is 1.64. The summed E-state index contributed by atoms with van der Waals surface area (Å²) in [6.45, 7) is 12.1. The largest absolute Gasteiger partial charge is 0.396 e. The summed E-state index contributed by atoms with van der Waals surface area (Å²) in [5.74, 6) is 2.83. The van der Waals surface area contributed by atoms with Crippen LogP contribution in [-0.2, 0) is 4.79 Å². The average molecular weight is 341 g/mol. The van der Waals surface area contributed by atoms with Gasteiger partial charge < -0.3 is 5.11 Å². The normalized spacial score (nSPS) is 50.7. The van der Waals surface area contributed by atoms with Crippen molar-refractivity contribution in [3.05, 3.63) is 23.2 Å². The smallest absolute Gasteiger partial charge is 0.154 e. The zero-order valence-electron chi connectivity index (χ0n) is 15.6. The van der Waals surface area contributed by atoms with Crippen LogP contribution in [0.25, 0.3) is 4.85 Å². The highest BCUT2D eigenvalue weighted by Crippen LogP contribution is 2.67. The highest BCUT2D eigenvalue weighted by atomic mass is 16.3. The lowest BCUT2D eigenvalue weighted by Gasteiger charge is -2.60. The minimum atomic E-state index is -0.130. The number of ketones is 1. The molecule has 136 valence electrons. The molecule has 0 saturated heterocycles. The predicted molar refractivity (Wildman–Crippen MR) is 97.4 cm³/mol. The molecular formula is C22H31NO2. The summed E-state index contributed by atoms with van der Waals surface area (Å²) < 4.78 is 0. The summed E-state index contributed by atoms with van der Waals surface area (Å²) in [6, 6.07) is 0. The second kappa shape index (κ2) is 5.95. The Morgan fingerprint density at radius 3 is 2.76 bits per heavy atom. The van der Waals surface area contributed by atoms with Gasteiger partial charge in [-0.3, -0.25) is 4.79 Å². The van der Waals surface area contributed by atoms with Crippen molar-refractivity contribution < 1.29 is 9.90 Å². The number of rotatable bonds is 1. The molecule has 4 aliphatic rings. The summed E-state index contributed by atoms with van der Waals surface area (Å²) in [4.78, 5) is 15.9. The maximum absolute atomic E-state index is 12.3. The molecule has 3 heteroatoms. The molecule has 0 unspecified atom stereocenters. The van der Waals surface area contributed by atoms with Crippen LogP contribution < -0.4 is 0 Å². The number of Topliss-reactive ketones (excluding diaryl/α,β-unsaturated/α-hetero) is 1. The molecule has 1 N–H and O–H groups in total. The minimum absolute atomic E-state index is 0.0254. The number of allylic oxidation sites excluding steroid dienone is 1. The Labute approximate surface area is 151 Å². The number of carbonyl (C=O) groups is 1. The minimum Gasteiger partial charge on any atom is -0.396 e. The van der Waals surface area contributed by atoms with Crippen LogP contribution >= 0.6 is 0 Å². The van der Waals surface area contributed by atoms with E-state index in [4.69, 9.17) is 6.57 Å². The van der Waals surface area contributed by atoms with E-state index in [1.54, 1.807) is 0 Å². The third-order valence-corrected chi connectivity index (χ3v) is 8.94. The van der Waals surface area contributed by atoms with E-state index >= 15 is 0 Å². The van der Waals surface area contributed by atoms with Crippen molar-refractivity contribution in [1.82, 2.24) is 0 Å². The van der Waals surface area contributed by atoms with Gasteiger partial charge in [0.15, 0.2) is 6.20 Å². The van der Waals surface area contributed by atoms with Gasteiger partial charge in [-0.15, -0.1) is 0 Å². The van der Waals surface area contributed by atoms with Gasteiger partial charge in [-0.25, -0.2) is 4.85 Å². The standard InChI is InChI=1S/C22H31NO2/c1-21-9-8-19-17(18(21)7-5-16(21)12-23-3)6-4-15-10-20(25)14(13-24)11-22(15,19)2/h12,14-15,17-19,24H,4-11,13H2,1-2H3/b16-12-/t14-,15-,17+,18+,19+,21-,22+/m1/s1. The number of carbonyl (C=O) groups excluding carboxylic acids is 1. The number of hydrogen-bond acceptors (Lipinski definition) is 2. The van der Waals surface area contributed by atoms with E-state index in [0.717, 1.165) is 18.8 Å². The molecule has 4 aliphatic carbocycles. The summed E-state index contributed by atoms with van der Waals surface area (Å²) in [5, 5.41) is 9.69. The first kappa shape index (κ1) is 17.3. The van der Waals surface area contributed by atoms with Gasteiger partial charge in [0.25, 0.3) is 0 Å². The predicted octanol–water partition coefficient (Wildman–Crippen LogP) is 4.62. The molecule has 3 nitrogen and oxygen atoms in total. The van der Waals surface area contributed by atoms with Crippen molar-refractivity contribution in [3.8, 4) is 0 Å². The highest BCUT2D eigenvalue weighted by molar-refractivity contribution is 5.82. The fraction of sp³-hybridized carbons (Fsp3) is 0.818. The molecule has 4 fully saturated rings. The van der Waals surface area contributed by atoms with Crippen LogP contribution in [0.15, 0.2) is 11.8 Å². The van der Waals surface area contributed by atoms with Gasteiger partial charge in [0.2, 0.25) is 0 Å². The molecule has 0 aromatic heterocycles. The molecule has 0 heterocycles. The Bertz CT molecular complexity index is 647. The van der Waals surface area contributed by atoms with Gasteiger partial charge in [-0.05, 0) is 79.4 Å². The van der Waals surface area contributed by atoms with Crippen molar-refractivity contribution in [2.75, 3.05) is 6.61 Å². The molecule has 0 aromatic rings. The Kier molecular flexibility index (Phi) is 4.11. The van der Waals surface area contributed by atoms with Crippen molar-refractivity contribution in [2.45, 2.75) is 65.2 Å². The molecule has 25 heavy (non-hydrogen) atoms. The third kappa shape index (κ3) is 2.36. The van der Waals surface area contributed by atoms with E-state index in [1.165, 1.54) is 37.7 Å². The first-order valence-electron chi connectivity index (χ1n) is 10.1. The van der Waals surface area contributed by atoms with Crippen LogP contribution in [0, 0.1) is 47.0 Å². The fourth-order valence-corrected chi connectivity index (χ4v) is 7.55. The van der Waals surface area contributed by atoms with Gasteiger partial charge >= 0.3 is 0 Å². The van der Waals surface area contributed by atoms with E-state index in [2.05, 4.69) is 18.7 Å². The number of hydrogen-bond donors (Lipinski definition) is 1. The van der Waals surface area contributed by atoms with E-state index in [1.807, 2.05) is 6.20 Å². The lowest BCUT2D eigenvalue weighted by molar-refractivity contribution is -0.147. The molecule has 4 saturated carbocycles. The molecule has 7 atom stereocenters. The summed E-state index contributed by atoms with van der Waals surface area (Å²) >= 11 is 0. The number of aliphatic hydroxyl groups excluding tert-OH is 1. The Hall–Kier alpha value is -1.14. The molecule has 4 rings (SSSR count). The van der Waals surface area contributed by atoms with Crippen LogP contribution in [0.2, 0.25) is 0 Å². The average Bonchev–Trinajstić information content (AvgIpc) is 2.92. The van der Waals surface area contributed by atoms with E-state index in [-0.39, 0.29) is 23.4 Å². The lowest BCUT2D eigenvalue weighted by atomic mass is 9.44. The van der Waals surface area contributed by atoms with Crippen molar-refractivity contribution in [2.24, 2.45) is 40.4 Å². The number of fused-ring (bicyclic) bond motifs is 5. The van der Waals surface area contributed by atoms with Crippen molar-refractivity contribution in [1.29, 1.82) is 0 Å². The second-order valence-corrected chi connectivity index (χ2v) is 9.69. The van der Waals surface area contributed by atoms with Gasteiger partial charge in [-0.1, -0.05) is 19.4 Å². The van der Waals surface area contributed by atoms with Crippen LogP contribution in [0.5, 0.6) is 0 Å². The van der Waals surface area contributed by atoms with Crippen LogP contribution in [0.3, 0.4) is 0 Å². The third-order valence-electron chi connectivity index (χ3n) is 8.94. The number of aliphatic hydroxyl groups is 1. The topological polar surface area (TPSA) is 41.7 Å². The zero-order chi connectivity index (χ0) is 17.8. The van der Waals surface area contributed by atoms with Crippen molar-refractivity contribution in [3.63, 3.8) is 0 Å². The van der Waals surface area contributed by atoms with Gasteiger partial charge in [0.1, 0.15) is 5.78 Å². The van der Waals surface area contributed by atoms with Crippen molar-refractivity contribution >= 4 is 5.78 Å². The highest BCUT2D eigenvalue weighted by Gasteiger charge is 2.59. The molecule has 0 amide bonds. The molecule has 0 radical (unpaired) electrons. The zero-order valence-corrected chi connectivity index (χ0v) is 15.6. The Morgan fingerprint density at radius 1 is 1.24 bits per heavy atom. The Morgan fingerprint density at radius 2 is 2.04 bits per heavy atom. The first-order valence-corrected chi connectivity index (χ1v) is 10.1. The summed E-state index contributed by atoms with van der Waals surface area (Å²) in [7, 11) is 0. The van der Waals surface area contributed by atoms with Crippen LogP contribution in [0.4, 0.5) is 0 Å². The fourth-order valence-electron chi connectivity index (χ4n) is 7.55. The molecular weight excluding hydrogens is 310 g/mol. The monoisotopic (exact) mass is 341 g/mol. The van der Waals surface area contributed by atoms with Gasteiger partial charge in [-0.2, -0.15) is 0 Å². The second-order valence-electron chi connectivity index (χ2n) is 9.69. The van der Waals surface area contributed by atoms with Gasteiger partial charge in [0, 0.05) is 12.3 Å². The maximum atomic E-state index is 12.3. The van der Waals surface area contributed by atoms with Gasteiger partial charge in [0.05, 0.1) is 13.2 Å². The van der Waals surface area contributed by atoms with Crippen LogP contribution in [0.1, 0.15) is 65.2 Å². The number of nitrogens with zero attached hydrogens (tertiary/aromatic N) is 1. The molecule has 0 bridgehead atoms. The summed E-state index contributed by atoms with van der Waals surface area (Å²) in [5.41, 5.74) is 1.85. The lowest BCUT2D eigenvalue weighted by Crippen LogP contribution is -2.54. The SMILES string of the molecule is [C-]#[N+]/C=C1/CC[C@H]2[C@@H]3CC[C@@H]4CC(=O)[C@@H](CO)C[C@]4(C)[C@H]3CC[C@]12C. The maximum Gasteiger partial charge on any atom is 0.154 e. The molecule has 0 aliphatic heterocycles. The van der Waals surface area contributed by atoms with E-state index in [0.29, 0.717) is 30.0 Å². The first-order chi connectivity index (χ1) is 11.9. The van der Waals surface area contributed by atoms with E-state index < -0.39 is 0 Å². The summed E-state index contributed by atoms with van der Waals surface area (Å²) in [6.07, 6.45) is 10.6. The van der Waals surface area contributed by atoms with Crippen LogP contribution in [-0.4, -0.2) is 17.5 Å². The quantitative estimate of drug-likeness (QED) is 0.707. The van der Waals surface area contributed by atoms with E-state index in [9.17, 15) is 9.90 Å².